The van der Waals surface area contributed by atoms with Crippen LogP contribution in [0.2, 0.25) is 5.02 Å². The lowest BCUT2D eigenvalue weighted by molar-refractivity contribution is -0.274. The Labute approximate surface area is 186 Å². The molecule has 3 rings (SSSR count). The molecule has 32 heavy (non-hydrogen) atoms. The summed E-state index contributed by atoms with van der Waals surface area (Å²) in [6.45, 7) is -1.11. The standard InChI is InChI=1S/C20H21ClF3N3O5/c21-15-5-1-13(2-6-15)18(30)27(9-10-28)17(11-29)19(25-12-31-26-19)14-3-7-16(8-4-14)32-20(22,23)24/h1-8,17,25-26,28-29H,9-12H2/t17-,19?/m0/s1. The molecule has 1 aliphatic rings. The summed E-state index contributed by atoms with van der Waals surface area (Å²) in [5.74, 6) is -0.929. The van der Waals surface area contributed by atoms with Crippen molar-refractivity contribution in [2.45, 2.75) is 18.1 Å². The summed E-state index contributed by atoms with van der Waals surface area (Å²) in [5.41, 5.74) is 1.98. The molecule has 8 nitrogen and oxygen atoms in total. The third-order valence-corrected chi connectivity index (χ3v) is 5.19. The van der Waals surface area contributed by atoms with Gasteiger partial charge in [-0.05, 0) is 42.0 Å². The molecule has 0 aliphatic carbocycles. The summed E-state index contributed by atoms with van der Waals surface area (Å²) in [6, 6.07) is 9.97. The quantitative estimate of drug-likeness (QED) is 0.463. The van der Waals surface area contributed by atoms with E-state index in [1.807, 2.05) is 0 Å². The average molecular weight is 476 g/mol. The molecule has 1 amide bonds. The number of halogens is 4. The van der Waals surface area contributed by atoms with Crippen LogP contribution in [0.5, 0.6) is 5.75 Å². The average Bonchev–Trinajstić information content (AvgIpc) is 3.24. The molecule has 0 bridgehead atoms. The Morgan fingerprint density at radius 2 is 1.84 bits per heavy atom. The molecule has 1 heterocycles. The van der Waals surface area contributed by atoms with Crippen LogP contribution < -0.4 is 15.5 Å². The number of rotatable bonds is 8. The summed E-state index contributed by atoms with van der Waals surface area (Å²) in [4.78, 5) is 19.7. The van der Waals surface area contributed by atoms with E-state index in [1.54, 1.807) is 0 Å². The minimum Gasteiger partial charge on any atom is -0.406 e. The van der Waals surface area contributed by atoms with Crippen LogP contribution in [0.3, 0.4) is 0 Å². The van der Waals surface area contributed by atoms with Crippen LogP contribution in [-0.2, 0) is 10.5 Å². The first-order valence-electron chi connectivity index (χ1n) is 9.48. The zero-order chi connectivity index (χ0) is 23.4. The van der Waals surface area contributed by atoms with Crippen molar-refractivity contribution in [3.8, 4) is 5.75 Å². The minimum atomic E-state index is -4.84. The summed E-state index contributed by atoms with van der Waals surface area (Å²) in [6.07, 6.45) is -4.84. The van der Waals surface area contributed by atoms with E-state index in [9.17, 15) is 28.2 Å². The lowest BCUT2D eigenvalue weighted by Crippen LogP contribution is -2.64. The largest absolute Gasteiger partial charge is 0.573 e. The number of hydrogen-bond acceptors (Lipinski definition) is 7. The van der Waals surface area contributed by atoms with Crippen molar-refractivity contribution < 1.29 is 37.8 Å². The highest BCUT2D eigenvalue weighted by Gasteiger charge is 2.48. The van der Waals surface area contributed by atoms with Crippen LogP contribution in [-0.4, -0.2) is 59.9 Å². The van der Waals surface area contributed by atoms with Gasteiger partial charge in [-0.15, -0.1) is 13.2 Å². The van der Waals surface area contributed by atoms with Crippen LogP contribution in [0.25, 0.3) is 0 Å². The van der Waals surface area contributed by atoms with Crippen LogP contribution in [0.1, 0.15) is 15.9 Å². The molecule has 2 aromatic carbocycles. The maximum Gasteiger partial charge on any atom is 0.573 e. The van der Waals surface area contributed by atoms with Gasteiger partial charge in [-0.3, -0.25) is 14.9 Å². The van der Waals surface area contributed by atoms with Gasteiger partial charge in [0.05, 0.1) is 19.3 Å². The van der Waals surface area contributed by atoms with Crippen molar-refractivity contribution in [3.05, 3.63) is 64.7 Å². The Balaban J connectivity index is 1.97. The molecule has 12 heteroatoms. The van der Waals surface area contributed by atoms with Crippen molar-refractivity contribution in [2.75, 3.05) is 26.5 Å². The molecule has 174 valence electrons. The summed E-state index contributed by atoms with van der Waals surface area (Å²) >= 11 is 5.88. The van der Waals surface area contributed by atoms with Gasteiger partial charge in [0.2, 0.25) is 0 Å². The Morgan fingerprint density at radius 1 is 1.19 bits per heavy atom. The number of aliphatic hydroxyl groups excluding tert-OH is 2. The Hall–Kier alpha value is -2.41. The predicted octanol–water partition coefficient (Wildman–Crippen LogP) is 1.97. The molecule has 1 unspecified atom stereocenters. The highest BCUT2D eigenvalue weighted by atomic mass is 35.5. The smallest absolute Gasteiger partial charge is 0.406 e. The van der Waals surface area contributed by atoms with E-state index in [4.69, 9.17) is 16.4 Å². The van der Waals surface area contributed by atoms with Gasteiger partial charge in [0.15, 0.2) is 0 Å². The van der Waals surface area contributed by atoms with Crippen LogP contribution in [0.15, 0.2) is 48.5 Å². The predicted molar refractivity (Wildman–Crippen MR) is 107 cm³/mol. The van der Waals surface area contributed by atoms with E-state index in [1.165, 1.54) is 41.3 Å². The van der Waals surface area contributed by atoms with E-state index in [0.717, 1.165) is 12.1 Å². The molecular weight excluding hydrogens is 455 g/mol. The number of aliphatic hydroxyl groups is 2. The molecular formula is C20H21ClF3N3O5. The molecule has 2 atom stereocenters. The normalized spacial score (nSPS) is 19.6. The van der Waals surface area contributed by atoms with Crippen LogP contribution in [0.4, 0.5) is 13.2 Å². The third-order valence-electron chi connectivity index (χ3n) is 4.94. The van der Waals surface area contributed by atoms with Crippen molar-refractivity contribution >= 4 is 17.5 Å². The van der Waals surface area contributed by atoms with E-state index in [2.05, 4.69) is 15.5 Å². The number of carbonyl (C=O) groups is 1. The Bertz CT molecular complexity index is 906. The first-order valence-corrected chi connectivity index (χ1v) is 9.86. The number of ether oxygens (including phenoxy) is 1. The zero-order valence-electron chi connectivity index (χ0n) is 16.6. The monoisotopic (exact) mass is 475 g/mol. The maximum atomic E-state index is 13.2. The highest BCUT2D eigenvalue weighted by molar-refractivity contribution is 6.30. The molecule has 2 aromatic rings. The first kappa shape index (κ1) is 24.2. The lowest BCUT2D eigenvalue weighted by atomic mass is 9.90. The van der Waals surface area contributed by atoms with E-state index < -0.39 is 42.9 Å². The van der Waals surface area contributed by atoms with E-state index >= 15 is 0 Å². The van der Waals surface area contributed by atoms with E-state index in [0.29, 0.717) is 10.6 Å². The summed E-state index contributed by atoms with van der Waals surface area (Å²) in [7, 11) is 0. The van der Waals surface area contributed by atoms with Gasteiger partial charge < -0.3 is 19.8 Å². The van der Waals surface area contributed by atoms with Gasteiger partial charge in [-0.1, -0.05) is 23.7 Å². The SMILES string of the molecule is O=C(c1ccc(Cl)cc1)N(CCO)[C@@H](CO)C1(c2ccc(OC(F)(F)F)cc2)NCON1. The second-order valence-corrected chi connectivity index (χ2v) is 7.31. The number of nitrogens with one attached hydrogen (secondary N) is 2. The fourth-order valence-corrected chi connectivity index (χ4v) is 3.65. The lowest BCUT2D eigenvalue weighted by Gasteiger charge is -2.42. The topological polar surface area (TPSA) is 103 Å². The van der Waals surface area contributed by atoms with Crippen molar-refractivity contribution in [2.24, 2.45) is 0 Å². The first-order chi connectivity index (χ1) is 15.2. The molecule has 1 aliphatic heterocycles. The van der Waals surface area contributed by atoms with Crippen LogP contribution in [0, 0.1) is 0 Å². The van der Waals surface area contributed by atoms with Crippen molar-refractivity contribution in [1.29, 1.82) is 0 Å². The van der Waals surface area contributed by atoms with Gasteiger partial charge in [0.25, 0.3) is 5.91 Å². The molecule has 0 aromatic heterocycles. The summed E-state index contributed by atoms with van der Waals surface area (Å²) in [5, 5.41) is 23.3. The molecule has 1 fully saturated rings. The highest BCUT2D eigenvalue weighted by Crippen LogP contribution is 2.32. The Kier molecular flexibility index (Phi) is 7.59. The fourth-order valence-electron chi connectivity index (χ4n) is 3.53. The molecule has 0 radical (unpaired) electrons. The fraction of sp³-hybridized carbons (Fsp3) is 0.350. The van der Waals surface area contributed by atoms with Gasteiger partial charge in [0, 0.05) is 17.1 Å². The molecule has 0 saturated carbocycles. The van der Waals surface area contributed by atoms with Gasteiger partial charge in [0.1, 0.15) is 18.1 Å². The molecule has 4 N–H and O–H groups in total. The number of benzene rings is 2. The minimum absolute atomic E-state index is 0.0145. The number of amides is 1. The van der Waals surface area contributed by atoms with Crippen molar-refractivity contribution in [1.82, 2.24) is 15.7 Å². The molecule has 1 saturated heterocycles. The van der Waals surface area contributed by atoms with Crippen molar-refractivity contribution in [3.63, 3.8) is 0 Å². The second-order valence-electron chi connectivity index (χ2n) is 6.88. The van der Waals surface area contributed by atoms with Gasteiger partial charge >= 0.3 is 6.36 Å². The maximum absolute atomic E-state index is 13.2. The van der Waals surface area contributed by atoms with Gasteiger partial charge in [-0.25, -0.2) is 0 Å². The number of carbonyl (C=O) groups excluding carboxylic acids is 1. The number of alkyl halides is 3. The number of nitrogens with zero attached hydrogens (tertiary/aromatic N) is 1. The van der Waals surface area contributed by atoms with E-state index in [-0.39, 0.29) is 18.8 Å². The summed E-state index contributed by atoms with van der Waals surface area (Å²) < 4.78 is 41.4. The number of hydrogen-bond donors (Lipinski definition) is 4. The number of hydroxylamine groups is 1. The Morgan fingerprint density at radius 3 is 2.34 bits per heavy atom. The molecule has 0 spiro atoms. The van der Waals surface area contributed by atoms with Crippen LogP contribution >= 0.6 is 11.6 Å². The third kappa shape index (κ3) is 5.31. The second kappa shape index (κ2) is 10.0. The zero-order valence-corrected chi connectivity index (χ0v) is 17.4. The van der Waals surface area contributed by atoms with Gasteiger partial charge in [-0.2, -0.15) is 5.48 Å².